The molecule has 0 aliphatic rings. The van der Waals surface area contributed by atoms with E-state index in [4.69, 9.17) is 10.00 Å². The van der Waals surface area contributed by atoms with E-state index < -0.39 is 0 Å². The van der Waals surface area contributed by atoms with Crippen LogP contribution in [0.1, 0.15) is 18.2 Å². The zero-order valence-corrected chi connectivity index (χ0v) is 13.6. The highest BCUT2D eigenvalue weighted by molar-refractivity contribution is 5.74. The molecular weight excluding hydrogens is 318 g/mol. The van der Waals surface area contributed by atoms with Gasteiger partial charge >= 0.3 is 5.97 Å². The third-order valence-electron chi connectivity index (χ3n) is 3.47. The standard InChI is InChI=1S/C18H15N5O2/c1-2-25-17(24)11-15-18(23-10-6-5-9-16(23)20-15)22-21-14-8-4-3-7-13(14)12-19/h3-10H,2,11H2,1H3. The zero-order valence-electron chi connectivity index (χ0n) is 13.6. The molecule has 7 heteroatoms. The minimum atomic E-state index is -0.375. The Labute approximate surface area is 144 Å². The Morgan fingerprint density at radius 3 is 2.84 bits per heavy atom. The van der Waals surface area contributed by atoms with E-state index in [0.29, 0.717) is 35.0 Å². The number of hydrogen-bond acceptors (Lipinski definition) is 6. The highest BCUT2D eigenvalue weighted by atomic mass is 16.5. The van der Waals surface area contributed by atoms with Crippen LogP contribution in [0.5, 0.6) is 0 Å². The maximum atomic E-state index is 11.8. The Bertz CT molecular complexity index is 985. The number of hydrogen-bond donors (Lipinski definition) is 0. The number of benzene rings is 1. The maximum absolute atomic E-state index is 11.8. The predicted octanol–water partition coefficient (Wildman–Crippen LogP) is 3.73. The van der Waals surface area contributed by atoms with Gasteiger partial charge in [0.15, 0.2) is 5.82 Å². The smallest absolute Gasteiger partial charge is 0.312 e. The highest BCUT2D eigenvalue weighted by Gasteiger charge is 2.16. The molecule has 25 heavy (non-hydrogen) atoms. The molecule has 3 aromatic rings. The third kappa shape index (κ3) is 3.53. The Balaban J connectivity index is 2.03. The summed E-state index contributed by atoms with van der Waals surface area (Å²) in [4.78, 5) is 16.3. The second kappa shape index (κ2) is 7.36. The largest absolute Gasteiger partial charge is 0.466 e. The molecule has 2 heterocycles. The molecule has 0 bridgehead atoms. The number of pyridine rings is 1. The molecule has 0 N–H and O–H groups in total. The van der Waals surface area contributed by atoms with Crippen molar-refractivity contribution in [3.8, 4) is 6.07 Å². The van der Waals surface area contributed by atoms with E-state index in [1.54, 1.807) is 41.8 Å². The lowest BCUT2D eigenvalue weighted by molar-refractivity contribution is -0.142. The molecule has 2 aromatic heterocycles. The Morgan fingerprint density at radius 2 is 2.04 bits per heavy atom. The SMILES string of the molecule is CCOC(=O)Cc1nc2ccccn2c1N=Nc1ccccc1C#N. The third-order valence-corrected chi connectivity index (χ3v) is 3.47. The van der Waals surface area contributed by atoms with Gasteiger partial charge in [-0.15, -0.1) is 10.2 Å². The molecule has 0 amide bonds. The summed E-state index contributed by atoms with van der Waals surface area (Å²) >= 11 is 0. The van der Waals surface area contributed by atoms with Gasteiger partial charge < -0.3 is 4.74 Å². The molecule has 0 aliphatic carbocycles. The lowest BCUT2D eigenvalue weighted by atomic mass is 10.2. The average Bonchev–Trinajstić information content (AvgIpc) is 2.97. The van der Waals surface area contributed by atoms with Crippen molar-refractivity contribution in [1.29, 1.82) is 5.26 Å². The van der Waals surface area contributed by atoms with Crippen molar-refractivity contribution in [1.82, 2.24) is 9.38 Å². The van der Waals surface area contributed by atoms with Crippen LogP contribution in [-0.4, -0.2) is 22.0 Å². The van der Waals surface area contributed by atoms with Crippen LogP contribution in [0.2, 0.25) is 0 Å². The van der Waals surface area contributed by atoms with Crippen LogP contribution in [0.15, 0.2) is 58.9 Å². The number of ether oxygens (including phenoxy) is 1. The first-order valence-corrected chi connectivity index (χ1v) is 7.75. The van der Waals surface area contributed by atoms with E-state index in [9.17, 15) is 4.79 Å². The number of imidazole rings is 1. The van der Waals surface area contributed by atoms with Crippen LogP contribution in [-0.2, 0) is 16.0 Å². The molecule has 0 aliphatic heterocycles. The fraction of sp³-hybridized carbons (Fsp3) is 0.167. The fourth-order valence-corrected chi connectivity index (χ4v) is 2.36. The number of azo groups is 1. The van der Waals surface area contributed by atoms with Gasteiger partial charge in [-0.05, 0) is 31.2 Å². The highest BCUT2D eigenvalue weighted by Crippen LogP contribution is 2.26. The number of carbonyl (C=O) groups is 1. The van der Waals surface area contributed by atoms with E-state index in [1.807, 2.05) is 18.2 Å². The van der Waals surface area contributed by atoms with Crippen molar-refractivity contribution in [2.24, 2.45) is 10.2 Å². The Morgan fingerprint density at radius 1 is 1.24 bits per heavy atom. The van der Waals surface area contributed by atoms with Crippen molar-refractivity contribution in [3.05, 3.63) is 59.9 Å². The van der Waals surface area contributed by atoms with Crippen LogP contribution < -0.4 is 0 Å². The van der Waals surface area contributed by atoms with Crippen LogP contribution in [0, 0.1) is 11.3 Å². The molecule has 0 saturated carbocycles. The fourth-order valence-electron chi connectivity index (χ4n) is 2.36. The van der Waals surface area contributed by atoms with Crippen molar-refractivity contribution in [2.45, 2.75) is 13.3 Å². The van der Waals surface area contributed by atoms with Crippen molar-refractivity contribution < 1.29 is 9.53 Å². The van der Waals surface area contributed by atoms with E-state index in [0.717, 1.165) is 0 Å². The van der Waals surface area contributed by atoms with Gasteiger partial charge in [-0.25, -0.2) is 4.98 Å². The van der Waals surface area contributed by atoms with Crippen LogP contribution >= 0.6 is 0 Å². The van der Waals surface area contributed by atoms with E-state index in [2.05, 4.69) is 21.3 Å². The summed E-state index contributed by atoms with van der Waals surface area (Å²) in [6.45, 7) is 2.06. The van der Waals surface area contributed by atoms with Gasteiger partial charge in [0.25, 0.3) is 0 Å². The maximum Gasteiger partial charge on any atom is 0.312 e. The lowest BCUT2D eigenvalue weighted by Crippen LogP contribution is -2.07. The summed E-state index contributed by atoms with van der Waals surface area (Å²) in [5.74, 6) is 0.0659. The number of esters is 1. The van der Waals surface area contributed by atoms with Crippen molar-refractivity contribution >= 4 is 23.1 Å². The number of carbonyl (C=O) groups excluding carboxylic acids is 1. The summed E-state index contributed by atoms with van der Waals surface area (Å²) in [5, 5.41) is 17.6. The molecule has 3 rings (SSSR count). The van der Waals surface area contributed by atoms with E-state index in [1.165, 1.54) is 0 Å². The number of fused-ring (bicyclic) bond motifs is 1. The normalized spacial score (nSPS) is 10.9. The molecule has 0 unspecified atom stereocenters. The molecule has 0 saturated heterocycles. The topological polar surface area (TPSA) is 92.1 Å². The first-order chi connectivity index (χ1) is 12.2. The summed E-state index contributed by atoms with van der Waals surface area (Å²) < 4.78 is 6.74. The van der Waals surface area contributed by atoms with Crippen LogP contribution in [0.25, 0.3) is 5.65 Å². The molecular formula is C18H15N5O2. The quantitative estimate of drug-likeness (QED) is 0.525. The van der Waals surface area contributed by atoms with Gasteiger partial charge in [0.2, 0.25) is 0 Å². The average molecular weight is 333 g/mol. The summed E-state index contributed by atoms with van der Waals surface area (Å²) in [6, 6.07) is 14.5. The monoisotopic (exact) mass is 333 g/mol. The van der Waals surface area contributed by atoms with E-state index in [-0.39, 0.29) is 12.4 Å². The number of rotatable bonds is 5. The number of aromatic nitrogens is 2. The summed E-state index contributed by atoms with van der Waals surface area (Å²) in [5.41, 5.74) is 2.01. The van der Waals surface area contributed by atoms with Crippen molar-refractivity contribution in [2.75, 3.05) is 6.61 Å². The number of nitriles is 1. The summed E-state index contributed by atoms with van der Waals surface area (Å²) in [6.07, 6.45) is 1.80. The van der Waals surface area contributed by atoms with Crippen LogP contribution in [0.4, 0.5) is 11.5 Å². The Hall–Kier alpha value is -3.53. The van der Waals surface area contributed by atoms with Gasteiger partial charge in [-0.1, -0.05) is 18.2 Å². The predicted molar refractivity (Wildman–Crippen MR) is 90.9 cm³/mol. The molecule has 0 atom stereocenters. The second-order valence-electron chi connectivity index (χ2n) is 5.12. The molecule has 1 aromatic carbocycles. The first-order valence-electron chi connectivity index (χ1n) is 7.75. The van der Waals surface area contributed by atoms with Gasteiger partial charge in [0.05, 0.1) is 24.3 Å². The molecule has 0 spiro atoms. The van der Waals surface area contributed by atoms with Gasteiger partial charge in [0.1, 0.15) is 17.4 Å². The Kier molecular flexibility index (Phi) is 4.81. The van der Waals surface area contributed by atoms with Gasteiger partial charge in [0, 0.05) is 6.20 Å². The van der Waals surface area contributed by atoms with Gasteiger partial charge in [-0.2, -0.15) is 5.26 Å². The first kappa shape index (κ1) is 16.3. The van der Waals surface area contributed by atoms with Crippen LogP contribution in [0.3, 0.4) is 0 Å². The second-order valence-corrected chi connectivity index (χ2v) is 5.12. The minimum absolute atomic E-state index is 0.00374. The number of nitrogens with zero attached hydrogens (tertiary/aromatic N) is 5. The van der Waals surface area contributed by atoms with E-state index >= 15 is 0 Å². The zero-order chi connectivity index (χ0) is 17.6. The lowest BCUT2D eigenvalue weighted by Gasteiger charge is -2.01. The molecule has 7 nitrogen and oxygen atoms in total. The molecule has 0 radical (unpaired) electrons. The minimum Gasteiger partial charge on any atom is -0.466 e. The van der Waals surface area contributed by atoms with Crippen molar-refractivity contribution in [3.63, 3.8) is 0 Å². The molecule has 124 valence electrons. The summed E-state index contributed by atoms with van der Waals surface area (Å²) in [7, 11) is 0. The van der Waals surface area contributed by atoms with Gasteiger partial charge in [-0.3, -0.25) is 9.20 Å². The molecule has 0 fully saturated rings.